The molecule has 0 radical (unpaired) electrons. The maximum Gasteiger partial charge on any atom is 0.161 e. The van der Waals surface area contributed by atoms with Gasteiger partial charge in [0.2, 0.25) is 0 Å². The van der Waals surface area contributed by atoms with Crippen LogP contribution >= 0.6 is 0 Å². The number of methoxy groups -OCH3 is 1. The number of ether oxygens (including phenoxy) is 2. The number of ketones is 1. The van der Waals surface area contributed by atoms with E-state index in [0.29, 0.717) is 22.8 Å². The van der Waals surface area contributed by atoms with Crippen molar-refractivity contribution in [3.63, 3.8) is 0 Å². The number of hydrogen-bond donors (Lipinski definition) is 0. The zero-order valence-electron chi connectivity index (χ0n) is 16.4. The van der Waals surface area contributed by atoms with E-state index in [0.717, 1.165) is 5.56 Å². The smallest absolute Gasteiger partial charge is 0.161 e. The van der Waals surface area contributed by atoms with Crippen LogP contribution in [-0.2, 0) is 16.1 Å². The number of benzene rings is 2. The van der Waals surface area contributed by atoms with Crippen molar-refractivity contribution in [2.45, 2.75) is 33.0 Å². The first-order valence-corrected chi connectivity index (χ1v) is 8.95. The summed E-state index contributed by atoms with van der Waals surface area (Å²) >= 11 is 0. The molecule has 0 unspecified atom stereocenters. The van der Waals surface area contributed by atoms with Crippen LogP contribution in [0.1, 0.15) is 26.5 Å². The fraction of sp³-hybridized carbons (Fsp3) is 0.273. The minimum Gasteiger partial charge on any atom is -0.497 e. The van der Waals surface area contributed by atoms with Gasteiger partial charge in [0.15, 0.2) is 5.78 Å². The Kier molecular flexibility index (Phi) is 5.61. The van der Waals surface area contributed by atoms with Gasteiger partial charge in [-0.15, -0.1) is 0 Å². The molecule has 0 fully saturated rings. The zero-order chi connectivity index (χ0) is 20.3. The molecule has 146 valence electrons. The lowest BCUT2D eigenvalue weighted by molar-refractivity contribution is -0.139. The summed E-state index contributed by atoms with van der Waals surface area (Å²) in [6.45, 7) is 5.04. The quantitative estimate of drug-likeness (QED) is 0.601. The number of nitrogens with zero attached hydrogens (tertiary/aromatic N) is 2. The maximum atomic E-state index is 14.4. The van der Waals surface area contributed by atoms with Crippen molar-refractivity contribution in [3.05, 3.63) is 66.1 Å². The van der Waals surface area contributed by atoms with Crippen LogP contribution < -0.4 is 4.74 Å². The predicted molar refractivity (Wildman–Crippen MR) is 105 cm³/mol. The number of carbonyl (C=O) groups is 1. The molecule has 5 nitrogen and oxygen atoms in total. The van der Waals surface area contributed by atoms with Gasteiger partial charge in [-0.25, -0.2) is 9.07 Å². The molecule has 28 heavy (non-hydrogen) atoms. The normalized spacial score (nSPS) is 11.5. The molecule has 0 atom stereocenters. The Labute approximate surface area is 163 Å². The third kappa shape index (κ3) is 4.12. The van der Waals surface area contributed by atoms with Gasteiger partial charge < -0.3 is 9.47 Å². The molecule has 0 amide bonds. The second-order valence-corrected chi connectivity index (χ2v) is 6.97. The Balaban J connectivity index is 2.05. The molecule has 0 aliphatic heterocycles. The number of Topliss-reactive ketones (excluding diaryl/α,β-unsaturated/α-hetero) is 1. The summed E-state index contributed by atoms with van der Waals surface area (Å²) in [4.78, 5) is 11.7. The van der Waals surface area contributed by atoms with Gasteiger partial charge in [-0.1, -0.05) is 24.3 Å². The number of halogens is 1. The molecular weight excluding hydrogens is 359 g/mol. The Morgan fingerprint density at radius 2 is 1.89 bits per heavy atom. The van der Waals surface area contributed by atoms with Crippen LogP contribution in [0.5, 0.6) is 5.75 Å². The molecule has 0 saturated carbocycles. The number of para-hydroxylation sites is 1. The van der Waals surface area contributed by atoms with E-state index in [1.165, 1.54) is 13.0 Å². The second-order valence-electron chi connectivity index (χ2n) is 6.97. The largest absolute Gasteiger partial charge is 0.497 e. The van der Waals surface area contributed by atoms with Gasteiger partial charge in [0.25, 0.3) is 0 Å². The highest BCUT2D eigenvalue weighted by Crippen LogP contribution is 2.28. The Morgan fingerprint density at radius 1 is 1.14 bits per heavy atom. The van der Waals surface area contributed by atoms with E-state index < -0.39 is 5.60 Å². The van der Waals surface area contributed by atoms with Crippen LogP contribution in [0.25, 0.3) is 16.9 Å². The number of aromatic nitrogens is 2. The Bertz CT molecular complexity index is 995. The summed E-state index contributed by atoms with van der Waals surface area (Å²) in [7, 11) is 1.59. The zero-order valence-corrected chi connectivity index (χ0v) is 16.4. The molecule has 0 spiro atoms. The summed E-state index contributed by atoms with van der Waals surface area (Å²) in [5.74, 6) is 0.231. The van der Waals surface area contributed by atoms with Gasteiger partial charge in [0.05, 0.1) is 25.1 Å². The van der Waals surface area contributed by atoms with Crippen molar-refractivity contribution < 1.29 is 18.7 Å². The monoisotopic (exact) mass is 382 g/mol. The minimum atomic E-state index is -0.919. The van der Waals surface area contributed by atoms with Crippen molar-refractivity contribution in [3.8, 4) is 22.7 Å². The predicted octanol–water partition coefficient (Wildman–Crippen LogP) is 4.57. The Morgan fingerprint density at radius 3 is 2.57 bits per heavy atom. The van der Waals surface area contributed by atoms with Gasteiger partial charge in [-0.3, -0.25) is 4.79 Å². The van der Waals surface area contributed by atoms with Gasteiger partial charge in [0.1, 0.15) is 22.9 Å². The summed E-state index contributed by atoms with van der Waals surface area (Å²) in [5.41, 5.74) is 1.53. The van der Waals surface area contributed by atoms with Crippen molar-refractivity contribution >= 4 is 5.78 Å². The molecule has 0 N–H and O–H groups in total. The molecule has 1 aromatic heterocycles. The number of rotatable bonds is 7. The summed E-state index contributed by atoms with van der Waals surface area (Å²) in [6, 6.07) is 15.7. The van der Waals surface area contributed by atoms with Crippen LogP contribution in [-0.4, -0.2) is 28.3 Å². The standard InChI is InChI=1S/C22H23FN2O3/c1-15(26)22(2,3)28-14-17-13-21(16-8-7-9-18(12-16)27-4)25(24-17)20-11-6-5-10-19(20)23/h5-13H,14H2,1-4H3. The third-order valence-corrected chi connectivity index (χ3v) is 4.63. The highest BCUT2D eigenvalue weighted by molar-refractivity contribution is 5.83. The lowest BCUT2D eigenvalue weighted by atomic mass is 10.1. The molecule has 1 heterocycles. The van der Waals surface area contributed by atoms with E-state index >= 15 is 0 Å². The van der Waals surface area contributed by atoms with Crippen LogP contribution in [0, 0.1) is 5.82 Å². The first-order chi connectivity index (χ1) is 13.3. The van der Waals surface area contributed by atoms with Gasteiger partial charge in [-0.2, -0.15) is 5.10 Å². The molecule has 2 aromatic carbocycles. The molecule has 0 aliphatic carbocycles. The molecule has 0 saturated heterocycles. The first kappa shape index (κ1) is 19.8. The average molecular weight is 382 g/mol. The molecular formula is C22H23FN2O3. The van der Waals surface area contributed by atoms with E-state index in [9.17, 15) is 9.18 Å². The fourth-order valence-corrected chi connectivity index (χ4v) is 2.65. The van der Waals surface area contributed by atoms with E-state index in [4.69, 9.17) is 9.47 Å². The van der Waals surface area contributed by atoms with Crippen LogP contribution in [0.3, 0.4) is 0 Å². The van der Waals surface area contributed by atoms with Crippen LogP contribution in [0.2, 0.25) is 0 Å². The SMILES string of the molecule is COc1cccc(-c2cc(COC(C)(C)C(C)=O)nn2-c2ccccc2F)c1. The van der Waals surface area contributed by atoms with Gasteiger partial charge in [-0.05, 0) is 51.1 Å². The summed E-state index contributed by atoms with van der Waals surface area (Å²) in [5, 5.41) is 4.54. The van der Waals surface area contributed by atoms with Crippen LogP contribution in [0.15, 0.2) is 54.6 Å². The minimum absolute atomic E-state index is 0.0749. The molecule has 3 aromatic rings. The van der Waals surface area contributed by atoms with E-state index in [-0.39, 0.29) is 18.2 Å². The number of carbonyl (C=O) groups excluding carboxylic acids is 1. The summed E-state index contributed by atoms with van der Waals surface area (Å²) < 4.78 is 27.0. The highest BCUT2D eigenvalue weighted by Gasteiger charge is 2.25. The molecule has 3 rings (SSSR count). The first-order valence-electron chi connectivity index (χ1n) is 8.95. The molecule has 6 heteroatoms. The van der Waals surface area contributed by atoms with E-state index in [1.807, 2.05) is 30.3 Å². The molecule has 0 bridgehead atoms. The third-order valence-electron chi connectivity index (χ3n) is 4.63. The molecule has 0 aliphatic rings. The van der Waals surface area contributed by atoms with Crippen molar-refractivity contribution in [2.24, 2.45) is 0 Å². The highest BCUT2D eigenvalue weighted by atomic mass is 19.1. The lowest BCUT2D eigenvalue weighted by Gasteiger charge is -2.21. The lowest BCUT2D eigenvalue weighted by Crippen LogP contribution is -2.32. The van der Waals surface area contributed by atoms with Crippen molar-refractivity contribution in [2.75, 3.05) is 7.11 Å². The van der Waals surface area contributed by atoms with Gasteiger partial charge >= 0.3 is 0 Å². The maximum absolute atomic E-state index is 14.4. The van der Waals surface area contributed by atoms with Crippen molar-refractivity contribution in [1.82, 2.24) is 9.78 Å². The van der Waals surface area contributed by atoms with Crippen molar-refractivity contribution in [1.29, 1.82) is 0 Å². The second kappa shape index (κ2) is 7.94. The fourth-order valence-electron chi connectivity index (χ4n) is 2.65. The average Bonchev–Trinajstić information content (AvgIpc) is 3.11. The van der Waals surface area contributed by atoms with E-state index in [1.54, 1.807) is 43.8 Å². The number of hydrogen-bond acceptors (Lipinski definition) is 4. The topological polar surface area (TPSA) is 53.4 Å². The van der Waals surface area contributed by atoms with Gasteiger partial charge in [0, 0.05) is 5.56 Å². The Hall–Kier alpha value is -2.99. The van der Waals surface area contributed by atoms with E-state index in [2.05, 4.69) is 5.10 Å². The summed E-state index contributed by atoms with van der Waals surface area (Å²) in [6.07, 6.45) is 0. The van der Waals surface area contributed by atoms with Crippen LogP contribution in [0.4, 0.5) is 4.39 Å².